The minimum Gasteiger partial charge on any atom is -0.340 e. The lowest BCUT2D eigenvalue weighted by molar-refractivity contribution is -0.380. The number of carbonyl (C=O) groups excluding carboxylic acids is 1. The van der Waals surface area contributed by atoms with Crippen molar-refractivity contribution in [2.24, 2.45) is 0 Å². The van der Waals surface area contributed by atoms with Crippen LogP contribution in [0.4, 0.5) is 5.00 Å². The van der Waals surface area contributed by atoms with Gasteiger partial charge in [0, 0.05) is 6.07 Å². The Morgan fingerprint density at radius 2 is 1.64 bits per heavy atom. The van der Waals surface area contributed by atoms with E-state index in [9.17, 15) is 14.9 Å². The number of carbonyl (C=O) groups is 1. The zero-order chi connectivity index (χ0) is 17.8. The lowest BCUT2D eigenvalue weighted by atomic mass is 9.98. The fourth-order valence-corrected chi connectivity index (χ4v) is 3.24. The first kappa shape index (κ1) is 16.9. The third-order valence-electron chi connectivity index (χ3n) is 3.81. The second-order valence-electron chi connectivity index (χ2n) is 5.62. The Bertz CT molecular complexity index is 889. The van der Waals surface area contributed by atoms with Crippen LogP contribution in [0.1, 0.15) is 32.4 Å². The molecule has 1 aromatic heterocycles. The lowest BCUT2D eigenvalue weighted by Gasteiger charge is -2.19. The highest BCUT2D eigenvalue weighted by atomic mass is 32.1. The molecule has 3 aromatic rings. The van der Waals surface area contributed by atoms with Gasteiger partial charge in [-0.15, -0.1) is 0 Å². The molecular weight excluding hydrogens is 336 g/mol. The van der Waals surface area contributed by atoms with Crippen molar-refractivity contribution in [1.82, 2.24) is 5.32 Å². The predicted octanol–water partition coefficient (Wildman–Crippen LogP) is 4.48. The molecule has 126 valence electrons. The van der Waals surface area contributed by atoms with E-state index < -0.39 is 4.92 Å². The second-order valence-corrected chi connectivity index (χ2v) is 6.69. The number of amides is 1. The van der Waals surface area contributed by atoms with E-state index in [1.54, 1.807) is 0 Å². The van der Waals surface area contributed by atoms with Crippen molar-refractivity contribution in [2.75, 3.05) is 0 Å². The van der Waals surface area contributed by atoms with Crippen molar-refractivity contribution >= 4 is 22.2 Å². The number of thiophene rings is 1. The molecule has 0 radical (unpaired) electrons. The number of aryl methyl sites for hydroxylation is 1. The number of rotatable bonds is 5. The van der Waals surface area contributed by atoms with E-state index in [0.29, 0.717) is 4.88 Å². The van der Waals surface area contributed by atoms with Gasteiger partial charge in [0.15, 0.2) is 0 Å². The highest BCUT2D eigenvalue weighted by Crippen LogP contribution is 2.27. The summed E-state index contributed by atoms with van der Waals surface area (Å²) < 4.78 is 0. The summed E-state index contributed by atoms with van der Waals surface area (Å²) in [4.78, 5) is 23.2. The smallest absolute Gasteiger partial charge is 0.324 e. The van der Waals surface area contributed by atoms with Crippen LogP contribution in [0, 0.1) is 17.0 Å². The summed E-state index contributed by atoms with van der Waals surface area (Å²) in [6, 6.07) is 20.1. The van der Waals surface area contributed by atoms with E-state index in [1.807, 2.05) is 61.5 Å². The number of hydrogen-bond donors (Lipinski definition) is 1. The van der Waals surface area contributed by atoms with Crippen LogP contribution in [0.15, 0.2) is 66.7 Å². The van der Waals surface area contributed by atoms with Crippen molar-refractivity contribution in [2.45, 2.75) is 13.0 Å². The van der Waals surface area contributed by atoms with Crippen LogP contribution < -0.4 is 5.32 Å². The molecule has 0 spiro atoms. The van der Waals surface area contributed by atoms with E-state index in [4.69, 9.17) is 0 Å². The van der Waals surface area contributed by atoms with Crippen LogP contribution in [-0.4, -0.2) is 10.8 Å². The quantitative estimate of drug-likeness (QED) is 0.543. The fourth-order valence-electron chi connectivity index (χ4n) is 2.51. The summed E-state index contributed by atoms with van der Waals surface area (Å²) >= 11 is 0.873. The van der Waals surface area contributed by atoms with Gasteiger partial charge in [0.05, 0.1) is 15.8 Å². The molecule has 1 heterocycles. The van der Waals surface area contributed by atoms with Crippen molar-refractivity contribution in [3.63, 3.8) is 0 Å². The molecule has 3 rings (SSSR count). The van der Waals surface area contributed by atoms with E-state index in [-0.39, 0.29) is 17.0 Å². The standard InChI is InChI=1S/C19H16N2O3S/c1-13-7-9-15(10-8-13)18(14-5-3-2-4-6-14)20-19(22)16-11-12-17(25-16)21(23)24/h2-12,18H,1H3,(H,20,22). The van der Waals surface area contributed by atoms with Gasteiger partial charge in [0.25, 0.3) is 5.91 Å². The Morgan fingerprint density at radius 3 is 2.24 bits per heavy atom. The van der Waals surface area contributed by atoms with Crippen LogP contribution in [0.25, 0.3) is 0 Å². The number of nitrogens with one attached hydrogen (secondary N) is 1. The molecule has 1 atom stereocenters. The molecule has 0 aliphatic rings. The van der Waals surface area contributed by atoms with Gasteiger partial charge in [-0.25, -0.2) is 0 Å². The first-order valence-corrected chi connectivity index (χ1v) is 8.53. The van der Waals surface area contributed by atoms with Crippen LogP contribution in [0.5, 0.6) is 0 Å². The third-order valence-corrected chi connectivity index (χ3v) is 4.85. The summed E-state index contributed by atoms with van der Waals surface area (Å²) in [6.07, 6.45) is 0. The number of benzene rings is 2. The molecule has 0 saturated heterocycles. The number of hydrogen-bond acceptors (Lipinski definition) is 4. The zero-order valence-corrected chi connectivity index (χ0v) is 14.3. The second kappa shape index (κ2) is 7.27. The topological polar surface area (TPSA) is 72.2 Å². The summed E-state index contributed by atoms with van der Waals surface area (Å²) in [5, 5.41) is 13.8. The fraction of sp³-hybridized carbons (Fsp3) is 0.105. The monoisotopic (exact) mass is 352 g/mol. The molecule has 0 aliphatic carbocycles. The van der Waals surface area contributed by atoms with E-state index in [2.05, 4.69) is 5.32 Å². The summed E-state index contributed by atoms with van der Waals surface area (Å²) in [5.74, 6) is -0.326. The van der Waals surface area contributed by atoms with E-state index in [0.717, 1.165) is 28.0 Å². The van der Waals surface area contributed by atoms with Gasteiger partial charge >= 0.3 is 5.00 Å². The molecule has 1 N–H and O–H groups in total. The minimum absolute atomic E-state index is 0.0447. The van der Waals surface area contributed by atoms with Crippen molar-refractivity contribution in [3.8, 4) is 0 Å². The predicted molar refractivity (Wildman–Crippen MR) is 97.9 cm³/mol. The Balaban J connectivity index is 1.90. The van der Waals surface area contributed by atoms with Gasteiger partial charge in [0.1, 0.15) is 0 Å². The Morgan fingerprint density at radius 1 is 1.00 bits per heavy atom. The molecule has 1 unspecified atom stereocenters. The molecule has 0 bridgehead atoms. The molecular formula is C19H16N2O3S. The van der Waals surface area contributed by atoms with Crippen LogP contribution in [0.3, 0.4) is 0 Å². The maximum absolute atomic E-state index is 12.6. The lowest BCUT2D eigenvalue weighted by Crippen LogP contribution is -2.28. The number of nitrogens with zero attached hydrogens (tertiary/aromatic N) is 1. The van der Waals surface area contributed by atoms with Gasteiger partial charge in [-0.3, -0.25) is 14.9 Å². The summed E-state index contributed by atoms with van der Waals surface area (Å²) in [7, 11) is 0. The molecule has 5 nitrogen and oxygen atoms in total. The van der Waals surface area contributed by atoms with E-state index in [1.165, 1.54) is 12.1 Å². The average molecular weight is 352 g/mol. The van der Waals surface area contributed by atoms with Gasteiger partial charge in [-0.1, -0.05) is 71.5 Å². The molecule has 0 fully saturated rings. The molecule has 1 amide bonds. The first-order chi connectivity index (χ1) is 12.0. The van der Waals surface area contributed by atoms with E-state index >= 15 is 0 Å². The molecule has 25 heavy (non-hydrogen) atoms. The maximum atomic E-state index is 12.6. The maximum Gasteiger partial charge on any atom is 0.324 e. The Hall–Kier alpha value is -2.99. The van der Waals surface area contributed by atoms with Gasteiger partial charge < -0.3 is 5.32 Å². The first-order valence-electron chi connectivity index (χ1n) is 7.71. The van der Waals surface area contributed by atoms with Crippen molar-refractivity contribution in [3.05, 3.63) is 98.4 Å². The van der Waals surface area contributed by atoms with Crippen LogP contribution in [0.2, 0.25) is 0 Å². The normalized spacial score (nSPS) is 11.7. The minimum atomic E-state index is -0.490. The average Bonchev–Trinajstić information content (AvgIpc) is 3.12. The molecule has 2 aromatic carbocycles. The van der Waals surface area contributed by atoms with Gasteiger partial charge in [-0.05, 0) is 24.1 Å². The Labute approximate surface area is 149 Å². The van der Waals surface area contributed by atoms with Gasteiger partial charge in [-0.2, -0.15) is 0 Å². The zero-order valence-electron chi connectivity index (χ0n) is 13.5. The van der Waals surface area contributed by atoms with Crippen molar-refractivity contribution in [1.29, 1.82) is 0 Å². The highest BCUT2D eigenvalue weighted by Gasteiger charge is 2.20. The molecule has 0 aliphatic heterocycles. The summed E-state index contributed by atoms with van der Waals surface area (Å²) in [5.41, 5.74) is 3.04. The van der Waals surface area contributed by atoms with Crippen molar-refractivity contribution < 1.29 is 9.72 Å². The number of nitro groups is 1. The summed E-state index contributed by atoms with van der Waals surface area (Å²) in [6.45, 7) is 2.00. The Kier molecular flexibility index (Phi) is 4.90. The molecule has 0 saturated carbocycles. The molecule has 6 heteroatoms. The van der Waals surface area contributed by atoms with Gasteiger partial charge in [0.2, 0.25) is 0 Å². The van der Waals surface area contributed by atoms with Crippen LogP contribution >= 0.6 is 11.3 Å². The third kappa shape index (κ3) is 3.92. The van der Waals surface area contributed by atoms with Crippen LogP contribution in [-0.2, 0) is 0 Å². The largest absolute Gasteiger partial charge is 0.340 e. The SMILES string of the molecule is Cc1ccc(C(NC(=O)c2ccc([N+](=O)[O-])s2)c2ccccc2)cc1. The highest BCUT2D eigenvalue weighted by molar-refractivity contribution is 7.17.